The number of amides is 1. The average Bonchev–Trinajstić information content (AvgIpc) is 3.29. The van der Waals surface area contributed by atoms with E-state index in [-0.39, 0.29) is 11.9 Å². The van der Waals surface area contributed by atoms with Crippen molar-refractivity contribution < 1.29 is 9.21 Å². The highest BCUT2D eigenvalue weighted by Gasteiger charge is 2.22. The Morgan fingerprint density at radius 1 is 1.03 bits per heavy atom. The summed E-state index contributed by atoms with van der Waals surface area (Å²) in [7, 11) is 0. The fourth-order valence-corrected chi connectivity index (χ4v) is 4.00. The van der Waals surface area contributed by atoms with Crippen LogP contribution < -0.4 is 10.2 Å². The molecule has 8 heteroatoms. The number of carbonyl (C=O) groups excluding carboxylic acids is 1. The molecule has 0 bridgehead atoms. The molecule has 0 atom stereocenters. The number of hydrogen-bond donors (Lipinski definition) is 1. The lowest BCUT2D eigenvalue weighted by Crippen LogP contribution is -2.45. The van der Waals surface area contributed by atoms with Crippen molar-refractivity contribution in [3.8, 4) is 11.3 Å². The smallest absolute Gasteiger partial charge is 0.251 e. The summed E-state index contributed by atoms with van der Waals surface area (Å²) in [6.07, 6.45) is 5.08. The Hall–Kier alpha value is -3.45. The molecule has 0 aliphatic carbocycles. The highest BCUT2D eigenvalue weighted by atomic mass is 35.5. The lowest BCUT2D eigenvalue weighted by atomic mass is 10.0. The summed E-state index contributed by atoms with van der Waals surface area (Å²) in [5.41, 5.74) is 3.22. The number of piperidine rings is 1. The third kappa shape index (κ3) is 4.09. The Morgan fingerprint density at radius 3 is 2.58 bits per heavy atom. The van der Waals surface area contributed by atoms with Gasteiger partial charge in [-0.2, -0.15) is 0 Å². The summed E-state index contributed by atoms with van der Waals surface area (Å²) in [4.78, 5) is 19.4. The molecule has 5 rings (SSSR count). The van der Waals surface area contributed by atoms with E-state index < -0.39 is 0 Å². The zero-order valence-electron chi connectivity index (χ0n) is 16.7. The minimum Gasteiger partial charge on any atom is -0.464 e. The predicted octanol–water partition coefficient (Wildman–Crippen LogP) is 4.34. The standard InChI is InChI=1S/C23H20ClN5O2/c24-20-5-6-21(28-27-20)29-12-8-17(9-13-29)26-23(30)16-3-1-15(2-4-16)22-18-10-14-31-19(18)7-11-25-22/h1-7,10-11,14,17H,8-9,12-13H2,(H,26,30). The monoisotopic (exact) mass is 433 g/mol. The largest absolute Gasteiger partial charge is 0.464 e. The van der Waals surface area contributed by atoms with E-state index in [4.69, 9.17) is 16.0 Å². The van der Waals surface area contributed by atoms with Crippen molar-refractivity contribution >= 4 is 34.3 Å². The molecule has 4 heterocycles. The molecule has 3 aromatic heterocycles. The maximum Gasteiger partial charge on any atom is 0.251 e. The van der Waals surface area contributed by atoms with E-state index in [2.05, 4.69) is 25.4 Å². The van der Waals surface area contributed by atoms with Gasteiger partial charge in [-0.3, -0.25) is 9.78 Å². The fourth-order valence-electron chi connectivity index (χ4n) is 3.90. The van der Waals surface area contributed by atoms with Crippen LogP contribution in [0.4, 0.5) is 5.82 Å². The average molecular weight is 434 g/mol. The first-order chi connectivity index (χ1) is 15.2. The predicted molar refractivity (Wildman–Crippen MR) is 119 cm³/mol. The van der Waals surface area contributed by atoms with Gasteiger partial charge in [0.25, 0.3) is 5.91 Å². The second-order valence-electron chi connectivity index (χ2n) is 7.52. The van der Waals surface area contributed by atoms with Crippen LogP contribution in [-0.4, -0.2) is 40.2 Å². The van der Waals surface area contributed by atoms with Crippen LogP contribution in [0.25, 0.3) is 22.2 Å². The SMILES string of the molecule is O=C(NC1CCN(c2ccc(Cl)nn2)CC1)c1ccc(-c2nccc3occc23)cc1. The fraction of sp³-hybridized carbons (Fsp3) is 0.217. The molecular formula is C23H20ClN5O2. The van der Waals surface area contributed by atoms with Crippen molar-refractivity contribution in [3.05, 3.63) is 71.7 Å². The van der Waals surface area contributed by atoms with Gasteiger partial charge in [-0.05, 0) is 49.2 Å². The first-order valence-electron chi connectivity index (χ1n) is 10.1. The Morgan fingerprint density at radius 2 is 1.84 bits per heavy atom. The molecule has 0 saturated carbocycles. The number of nitrogens with one attached hydrogen (secondary N) is 1. The van der Waals surface area contributed by atoms with E-state index in [9.17, 15) is 4.79 Å². The molecule has 1 amide bonds. The highest BCUT2D eigenvalue weighted by molar-refractivity contribution is 6.29. The van der Waals surface area contributed by atoms with Crippen molar-refractivity contribution in [3.63, 3.8) is 0 Å². The second kappa shape index (κ2) is 8.35. The van der Waals surface area contributed by atoms with Crippen LogP contribution in [0.15, 0.2) is 65.4 Å². The normalized spacial score (nSPS) is 14.7. The van der Waals surface area contributed by atoms with Crippen LogP contribution in [0.1, 0.15) is 23.2 Å². The van der Waals surface area contributed by atoms with Gasteiger partial charge in [-0.15, -0.1) is 10.2 Å². The van der Waals surface area contributed by atoms with Gasteiger partial charge in [-0.25, -0.2) is 0 Å². The third-order valence-electron chi connectivity index (χ3n) is 5.57. The number of nitrogens with zero attached hydrogens (tertiary/aromatic N) is 4. The zero-order chi connectivity index (χ0) is 21.2. The van der Waals surface area contributed by atoms with E-state index in [1.54, 1.807) is 18.5 Å². The molecule has 0 radical (unpaired) electrons. The van der Waals surface area contributed by atoms with Gasteiger partial charge in [0, 0.05) is 41.8 Å². The number of furan rings is 1. The highest BCUT2D eigenvalue weighted by Crippen LogP contribution is 2.27. The van der Waals surface area contributed by atoms with Crippen LogP contribution in [-0.2, 0) is 0 Å². The van der Waals surface area contributed by atoms with Crippen molar-refractivity contribution in [2.24, 2.45) is 0 Å². The first-order valence-corrected chi connectivity index (χ1v) is 10.5. The van der Waals surface area contributed by atoms with Crippen LogP contribution in [0, 0.1) is 0 Å². The lowest BCUT2D eigenvalue weighted by molar-refractivity contribution is 0.0931. The number of carbonyl (C=O) groups is 1. The van der Waals surface area contributed by atoms with Crippen molar-refractivity contribution in [2.75, 3.05) is 18.0 Å². The summed E-state index contributed by atoms with van der Waals surface area (Å²) in [5, 5.41) is 12.5. The van der Waals surface area contributed by atoms with Gasteiger partial charge in [0.1, 0.15) is 5.58 Å². The second-order valence-corrected chi connectivity index (χ2v) is 7.91. The van der Waals surface area contributed by atoms with Crippen LogP contribution in [0.5, 0.6) is 0 Å². The summed E-state index contributed by atoms with van der Waals surface area (Å²) in [6, 6.07) is 15.0. The van der Waals surface area contributed by atoms with Crippen LogP contribution in [0.3, 0.4) is 0 Å². The molecule has 1 aromatic carbocycles. The van der Waals surface area contributed by atoms with E-state index >= 15 is 0 Å². The number of anilines is 1. The lowest BCUT2D eigenvalue weighted by Gasteiger charge is -2.32. The Balaban J connectivity index is 1.21. The summed E-state index contributed by atoms with van der Waals surface area (Å²) in [5.74, 6) is 0.747. The summed E-state index contributed by atoms with van der Waals surface area (Å²) >= 11 is 5.81. The molecule has 7 nitrogen and oxygen atoms in total. The third-order valence-corrected chi connectivity index (χ3v) is 5.77. The van der Waals surface area contributed by atoms with E-state index in [1.165, 1.54) is 0 Å². The van der Waals surface area contributed by atoms with E-state index in [0.29, 0.717) is 10.7 Å². The Bertz CT molecular complexity index is 1200. The molecule has 1 aliphatic heterocycles. The van der Waals surface area contributed by atoms with Gasteiger partial charge in [0.2, 0.25) is 0 Å². The number of aromatic nitrogens is 3. The van der Waals surface area contributed by atoms with Gasteiger partial charge in [0.15, 0.2) is 11.0 Å². The number of hydrogen-bond acceptors (Lipinski definition) is 6. The zero-order valence-corrected chi connectivity index (χ0v) is 17.4. The topological polar surface area (TPSA) is 84.2 Å². The van der Waals surface area contributed by atoms with Gasteiger partial charge in [-0.1, -0.05) is 23.7 Å². The molecule has 0 spiro atoms. The van der Waals surface area contributed by atoms with Crippen molar-refractivity contribution in [1.29, 1.82) is 0 Å². The molecule has 4 aromatic rings. The van der Waals surface area contributed by atoms with Gasteiger partial charge >= 0.3 is 0 Å². The molecular weight excluding hydrogens is 414 g/mol. The number of fused-ring (bicyclic) bond motifs is 1. The molecule has 1 saturated heterocycles. The molecule has 1 N–H and O–H groups in total. The summed E-state index contributed by atoms with van der Waals surface area (Å²) in [6.45, 7) is 1.61. The molecule has 31 heavy (non-hydrogen) atoms. The van der Waals surface area contributed by atoms with Crippen LogP contribution >= 0.6 is 11.6 Å². The first kappa shape index (κ1) is 19.5. The number of rotatable bonds is 4. The minimum atomic E-state index is -0.0641. The summed E-state index contributed by atoms with van der Waals surface area (Å²) < 4.78 is 5.45. The molecule has 1 fully saturated rings. The van der Waals surface area contributed by atoms with E-state index in [1.807, 2.05) is 42.5 Å². The quantitative estimate of drug-likeness (QED) is 0.515. The maximum absolute atomic E-state index is 12.7. The van der Waals surface area contributed by atoms with Crippen molar-refractivity contribution in [1.82, 2.24) is 20.5 Å². The molecule has 156 valence electrons. The minimum absolute atomic E-state index is 0.0641. The Labute approximate surface area is 184 Å². The van der Waals surface area contributed by atoms with Gasteiger partial charge < -0.3 is 14.6 Å². The molecule has 0 unspecified atom stereocenters. The number of pyridine rings is 1. The maximum atomic E-state index is 12.7. The Kier molecular flexibility index (Phi) is 5.26. The van der Waals surface area contributed by atoms with Crippen molar-refractivity contribution in [2.45, 2.75) is 18.9 Å². The molecule has 1 aliphatic rings. The number of halogens is 1. The van der Waals surface area contributed by atoms with Gasteiger partial charge in [0.05, 0.1) is 12.0 Å². The van der Waals surface area contributed by atoms with Crippen LogP contribution in [0.2, 0.25) is 5.15 Å². The van der Waals surface area contributed by atoms with E-state index in [0.717, 1.165) is 54.0 Å². The number of benzene rings is 1.